The number of hydrogen-bond donors (Lipinski definition) is 2. The first-order chi connectivity index (χ1) is 5.15. The molecule has 64 valence electrons. The molecule has 0 spiro atoms. The number of likely N-dealkylation sites (N-methyl/N-ethyl adjacent to an activating group) is 1. The van der Waals surface area contributed by atoms with Gasteiger partial charge in [-0.25, -0.2) is 0 Å². The molecule has 2 atom stereocenters. The first kappa shape index (κ1) is 8.49. The molecule has 0 aromatic carbocycles. The third-order valence-corrected chi connectivity index (χ3v) is 2.13. The van der Waals surface area contributed by atoms with Crippen molar-refractivity contribution in [1.82, 2.24) is 4.90 Å². The zero-order valence-electron chi connectivity index (χ0n) is 6.66. The van der Waals surface area contributed by atoms with E-state index in [1.165, 1.54) is 0 Å². The number of rotatable bonds is 2. The van der Waals surface area contributed by atoms with Gasteiger partial charge in [0.2, 0.25) is 0 Å². The van der Waals surface area contributed by atoms with Crippen LogP contribution in [0.4, 0.5) is 0 Å². The van der Waals surface area contributed by atoms with Gasteiger partial charge in [-0.05, 0) is 13.0 Å². The van der Waals surface area contributed by atoms with Crippen LogP contribution in [0.3, 0.4) is 0 Å². The summed E-state index contributed by atoms with van der Waals surface area (Å²) in [5.41, 5.74) is 5.62. The Morgan fingerprint density at radius 2 is 2.45 bits per heavy atom. The van der Waals surface area contributed by atoms with E-state index in [1.807, 2.05) is 11.8 Å². The van der Waals surface area contributed by atoms with E-state index >= 15 is 0 Å². The second-order valence-electron chi connectivity index (χ2n) is 2.94. The summed E-state index contributed by atoms with van der Waals surface area (Å²) in [6, 6.07) is -0.314. The van der Waals surface area contributed by atoms with Crippen molar-refractivity contribution in [1.29, 1.82) is 0 Å². The van der Waals surface area contributed by atoms with E-state index in [2.05, 4.69) is 0 Å². The van der Waals surface area contributed by atoms with E-state index in [4.69, 9.17) is 10.8 Å². The molecule has 1 heterocycles. The van der Waals surface area contributed by atoms with Crippen LogP contribution < -0.4 is 5.73 Å². The fourth-order valence-electron chi connectivity index (χ4n) is 1.55. The molecule has 1 rings (SSSR count). The number of carboxylic acids is 1. The molecular formula is C7H14N2O2. The van der Waals surface area contributed by atoms with Crippen LogP contribution in [0.5, 0.6) is 0 Å². The van der Waals surface area contributed by atoms with E-state index < -0.39 is 5.97 Å². The maximum Gasteiger partial charge on any atom is 0.320 e. The molecule has 0 aromatic rings. The predicted octanol–water partition coefficient (Wildman–Crippen LogP) is -0.507. The third kappa shape index (κ3) is 1.70. The monoisotopic (exact) mass is 158 g/mol. The Labute approximate surface area is 66.0 Å². The van der Waals surface area contributed by atoms with Gasteiger partial charge in [-0.15, -0.1) is 0 Å². The summed E-state index contributed by atoms with van der Waals surface area (Å²) in [5.74, 6) is -0.750. The summed E-state index contributed by atoms with van der Waals surface area (Å²) in [5, 5.41) is 8.74. The van der Waals surface area contributed by atoms with Gasteiger partial charge < -0.3 is 10.8 Å². The molecule has 1 aliphatic rings. The SMILES string of the molecule is CCN1C[C@@H](N)C[C@H]1C(=O)O. The van der Waals surface area contributed by atoms with Crippen molar-refractivity contribution in [3.8, 4) is 0 Å². The van der Waals surface area contributed by atoms with E-state index in [-0.39, 0.29) is 12.1 Å². The fraction of sp³-hybridized carbons (Fsp3) is 0.857. The number of nitrogens with two attached hydrogens (primary N) is 1. The van der Waals surface area contributed by atoms with E-state index in [0.717, 1.165) is 6.54 Å². The average molecular weight is 158 g/mol. The number of carbonyl (C=O) groups is 1. The minimum absolute atomic E-state index is 0.0380. The first-order valence-electron chi connectivity index (χ1n) is 3.87. The molecule has 0 radical (unpaired) electrons. The van der Waals surface area contributed by atoms with Crippen LogP contribution in [0, 0.1) is 0 Å². The molecule has 4 heteroatoms. The quantitative estimate of drug-likeness (QED) is 0.568. The van der Waals surface area contributed by atoms with Gasteiger partial charge in [0.15, 0.2) is 0 Å². The van der Waals surface area contributed by atoms with Crippen LogP contribution in [-0.4, -0.2) is 41.1 Å². The third-order valence-electron chi connectivity index (χ3n) is 2.13. The lowest BCUT2D eigenvalue weighted by Gasteiger charge is -2.17. The number of likely N-dealkylation sites (tertiary alicyclic amines) is 1. The van der Waals surface area contributed by atoms with Gasteiger partial charge in [-0.2, -0.15) is 0 Å². The Morgan fingerprint density at radius 3 is 2.82 bits per heavy atom. The molecule has 0 unspecified atom stereocenters. The highest BCUT2D eigenvalue weighted by Gasteiger charge is 2.33. The topological polar surface area (TPSA) is 66.6 Å². The van der Waals surface area contributed by atoms with Gasteiger partial charge in [0.25, 0.3) is 0 Å². The van der Waals surface area contributed by atoms with Crippen LogP contribution in [0.2, 0.25) is 0 Å². The number of carboxylic acid groups (broad SMARTS) is 1. The molecule has 0 amide bonds. The van der Waals surface area contributed by atoms with Crippen molar-refractivity contribution >= 4 is 5.97 Å². The summed E-state index contributed by atoms with van der Waals surface area (Å²) in [6.07, 6.45) is 0.586. The molecule has 3 N–H and O–H groups in total. The molecule has 0 aromatic heterocycles. The van der Waals surface area contributed by atoms with E-state index in [9.17, 15) is 4.79 Å². The van der Waals surface area contributed by atoms with E-state index in [0.29, 0.717) is 13.0 Å². The molecule has 4 nitrogen and oxygen atoms in total. The van der Waals surface area contributed by atoms with Crippen molar-refractivity contribution in [3.63, 3.8) is 0 Å². The highest BCUT2D eigenvalue weighted by atomic mass is 16.4. The first-order valence-corrected chi connectivity index (χ1v) is 3.87. The van der Waals surface area contributed by atoms with Gasteiger partial charge in [-0.1, -0.05) is 6.92 Å². The number of aliphatic carboxylic acids is 1. The molecule has 0 bridgehead atoms. The molecular weight excluding hydrogens is 144 g/mol. The van der Waals surface area contributed by atoms with Crippen LogP contribution in [-0.2, 0) is 4.79 Å². The second-order valence-corrected chi connectivity index (χ2v) is 2.94. The van der Waals surface area contributed by atoms with Crippen molar-refractivity contribution in [2.45, 2.75) is 25.4 Å². The van der Waals surface area contributed by atoms with Gasteiger partial charge in [-0.3, -0.25) is 9.69 Å². The normalized spacial score (nSPS) is 32.5. The summed E-state index contributed by atoms with van der Waals surface area (Å²) in [6.45, 7) is 3.44. The second kappa shape index (κ2) is 3.19. The van der Waals surface area contributed by atoms with E-state index in [1.54, 1.807) is 0 Å². The lowest BCUT2D eigenvalue weighted by atomic mass is 10.2. The Morgan fingerprint density at radius 1 is 1.82 bits per heavy atom. The Bertz CT molecular complexity index is 161. The molecule has 0 saturated carbocycles. The Hall–Kier alpha value is -0.610. The molecule has 1 saturated heterocycles. The van der Waals surface area contributed by atoms with Gasteiger partial charge in [0.1, 0.15) is 6.04 Å². The Kier molecular flexibility index (Phi) is 2.46. The van der Waals surface area contributed by atoms with Crippen LogP contribution in [0.15, 0.2) is 0 Å². The summed E-state index contributed by atoms with van der Waals surface area (Å²) in [4.78, 5) is 12.5. The van der Waals surface area contributed by atoms with Gasteiger partial charge in [0.05, 0.1) is 0 Å². The predicted molar refractivity (Wildman–Crippen MR) is 41.3 cm³/mol. The van der Waals surface area contributed by atoms with Crippen LogP contribution >= 0.6 is 0 Å². The minimum Gasteiger partial charge on any atom is -0.480 e. The minimum atomic E-state index is -0.750. The average Bonchev–Trinajstić information content (AvgIpc) is 2.30. The van der Waals surface area contributed by atoms with Gasteiger partial charge >= 0.3 is 5.97 Å². The van der Waals surface area contributed by atoms with Crippen molar-refractivity contribution in [2.24, 2.45) is 5.73 Å². The largest absolute Gasteiger partial charge is 0.480 e. The van der Waals surface area contributed by atoms with Crippen LogP contribution in [0.1, 0.15) is 13.3 Å². The summed E-state index contributed by atoms with van der Waals surface area (Å²) < 4.78 is 0. The van der Waals surface area contributed by atoms with Crippen molar-refractivity contribution in [3.05, 3.63) is 0 Å². The smallest absolute Gasteiger partial charge is 0.320 e. The highest BCUT2D eigenvalue weighted by Crippen LogP contribution is 2.15. The molecule has 11 heavy (non-hydrogen) atoms. The lowest BCUT2D eigenvalue weighted by Crippen LogP contribution is -2.35. The number of hydrogen-bond acceptors (Lipinski definition) is 3. The summed E-state index contributed by atoms with van der Waals surface area (Å²) in [7, 11) is 0. The number of nitrogens with zero attached hydrogens (tertiary/aromatic N) is 1. The zero-order valence-corrected chi connectivity index (χ0v) is 6.66. The zero-order chi connectivity index (χ0) is 8.43. The Balaban J connectivity index is 2.57. The van der Waals surface area contributed by atoms with Crippen molar-refractivity contribution in [2.75, 3.05) is 13.1 Å². The highest BCUT2D eigenvalue weighted by molar-refractivity contribution is 5.74. The molecule has 0 aliphatic carbocycles. The van der Waals surface area contributed by atoms with Gasteiger partial charge in [0, 0.05) is 12.6 Å². The fourth-order valence-corrected chi connectivity index (χ4v) is 1.55. The maximum atomic E-state index is 10.6. The van der Waals surface area contributed by atoms with Crippen molar-refractivity contribution < 1.29 is 9.90 Å². The maximum absolute atomic E-state index is 10.6. The standard InChI is InChI=1S/C7H14N2O2/c1-2-9-4-5(8)3-6(9)7(10)11/h5-6H,2-4,8H2,1H3,(H,10,11)/t5-,6-/m0/s1. The van der Waals surface area contributed by atoms with Crippen LogP contribution in [0.25, 0.3) is 0 Å². The molecule has 1 fully saturated rings. The summed E-state index contributed by atoms with van der Waals surface area (Å²) >= 11 is 0. The lowest BCUT2D eigenvalue weighted by molar-refractivity contribution is -0.142. The molecule has 1 aliphatic heterocycles.